The summed E-state index contributed by atoms with van der Waals surface area (Å²) in [5.74, 6) is 0.0320. The van der Waals surface area contributed by atoms with Crippen molar-refractivity contribution in [2.75, 3.05) is 0 Å². The number of hydrogen-bond donors (Lipinski definition) is 1. The number of aromatic nitrogens is 2. The molecule has 1 amide bonds. The number of rotatable bonds is 5. The van der Waals surface area contributed by atoms with E-state index in [9.17, 15) is 4.79 Å². The summed E-state index contributed by atoms with van der Waals surface area (Å²) in [4.78, 5) is 16.7. The highest BCUT2D eigenvalue weighted by Gasteiger charge is 2.11. The second-order valence-corrected chi connectivity index (χ2v) is 5.75. The van der Waals surface area contributed by atoms with Crippen molar-refractivity contribution in [3.05, 3.63) is 65.5 Å². The van der Waals surface area contributed by atoms with E-state index < -0.39 is 0 Å². The van der Waals surface area contributed by atoms with Crippen LogP contribution < -0.4 is 5.32 Å². The molecule has 0 saturated heterocycles. The number of carbonyl (C=O) groups excluding carboxylic acids is 1. The smallest absolute Gasteiger partial charge is 0.224 e. The average molecular weight is 307 g/mol. The molecule has 0 aliphatic heterocycles. The van der Waals surface area contributed by atoms with Crippen LogP contribution in [-0.2, 0) is 24.3 Å². The highest BCUT2D eigenvalue weighted by Crippen LogP contribution is 2.19. The van der Waals surface area contributed by atoms with E-state index in [2.05, 4.69) is 40.8 Å². The SMILES string of the molecule is CCn1cc(CC(=O)NCc2ccc(C)cc2)c2cccnc21. The standard InChI is InChI=1S/C19H21N3O/c1-3-22-13-16(17-5-4-10-20-19(17)22)11-18(23)21-12-15-8-6-14(2)7-9-15/h4-10,13H,3,11-12H2,1-2H3,(H,21,23). The predicted molar refractivity (Wildman–Crippen MR) is 92.1 cm³/mol. The van der Waals surface area contributed by atoms with Gasteiger partial charge in [-0.1, -0.05) is 29.8 Å². The summed E-state index contributed by atoms with van der Waals surface area (Å²) >= 11 is 0. The van der Waals surface area contributed by atoms with Crippen LogP contribution in [0, 0.1) is 6.92 Å². The monoisotopic (exact) mass is 307 g/mol. The maximum absolute atomic E-state index is 12.3. The van der Waals surface area contributed by atoms with Gasteiger partial charge in [0.05, 0.1) is 6.42 Å². The Bertz CT molecular complexity index is 818. The van der Waals surface area contributed by atoms with Gasteiger partial charge >= 0.3 is 0 Å². The Morgan fingerprint density at radius 3 is 2.74 bits per heavy atom. The Labute approximate surface area is 136 Å². The number of aryl methyl sites for hydroxylation is 2. The molecule has 0 aliphatic rings. The Hall–Kier alpha value is -2.62. The van der Waals surface area contributed by atoms with Crippen LogP contribution in [0.2, 0.25) is 0 Å². The molecular weight excluding hydrogens is 286 g/mol. The zero-order valence-corrected chi connectivity index (χ0v) is 13.5. The third-order valence-corrected chi connectivity index (χ3v) is 4.02. The molecule has 0 unspecified atom stereocenters. The van der Waals surface area contributed by atoms with Gasteiger partial charge in [-0.05, 0) is 37.1 Å². The van der Waals surface area contributed by atoms with E-state index >= 15 is 0 Å². The maximum atomic E-state index is 12.3. The van der Waals surface area contributed by atoms with Gasteiger partial charge in [-0.25, -0.2) is 4.98 Å². The highest BCUT2D eigenvalue weighted by molar-refractivity contribution is 5.87. The number of amides is 1. The highest BCUT2D eigenvalue weighted by atomic mass is 16.1. The molecule has 3 aromatic rings. The normalized spacial score (nSPS) is 10.9. The van der Waals surface area contributed by atoms with Crippen LogP contribution in [0.25, 0.3) is 11.0 Å². The van der Waals surface area contributed by atoms with E-state index in [1.807, 2.05) is 30.5 Å². The topological polar surface area (TPSA) is 46.9 Å². The molecule has 0 atom stereocenters. The molecule has 0 saturated carbocycles. The van der Waals surface area contributed by atoms with E-state index in [0.717, 1.165) is 28.7 Å². The minimum atomic E-state index is 0.0320. The predicted octanol–water partition coefficient (Wildman–Crippen LogP) is 3.22. The van der Waals surface area contributed by atoms with E-state index in [-0.39, 0.29) is 5.91 Å². The van der Waals surface area contributed by atoms with E-state index in [1.165, 1.54) is 5.56 Å². The molecule has 4 nitrogen and oxygen atoms in total. The summed E-state index contributed by atoms with van der Waals surface area (Å²) < 4.78 is 2.08. The minimum Gasteiger partial charge on any atom is -0.352 e. The number of pyridine rings is 1. The van der Waals surface area contributed by atoms with Crippen LogP contribution in [0.3, 0.4) is 0 Å². The molecule has 0 spiro atoms. The molecule has 0 radical (unpaired) electrons. The summed E-state index contributed by atoms with van der Waals surface area (Å²) in [7, 11) is 0. The summed E-state index contributed by atoms with van der Waals surface area (Å²) in [6, 6.07) is 12.1. The van der Waals surface area contributed by atoms with Crippen molar-refractivity contribution in [2.45, 2.75) is 33.4 Å². The molecule has 1 aromatic carbocycles. The molecule has 0 bridgehead atoms. The van der Waals surface area contributed by atoms with Crippen molar-refractivity contribution < 1.29 is 4.79 Å². The molecule has 2 aromatic heterocycles. The van der Waals surface area contributed by atoms with E-state index in [4.69, 9.17) is 0 Å². The lowest BCUT2D eigenvalue weighted by molar-refractivity contribution is -0.120. The van der Waals surface area contributed by atoms with Crippen LogP contribution in [0.4, 0.5) is 0 Å². The van der Waals surface area contributed by atoms with Crippen molar-refractivity contribution in [3.63, 3.8) is 0 Å². The fraction of sp³-hybridized carbons (Fsp3) is 0.263. The molecule has 2 heterocycles. The first-order valence-corrected chi connectivity index (χ1v) is 7.92. The lowest BCUT2D eigenvalue weighted by Crippen LogP contribution is -2.24. The van der Waals surface area contributed by atoms with Gasteiger partial charge in [-0.3, -0.25) is 4.79 Å². The quantitative estimate of drug-likeness (QED) is 0.786. The fourth-order valence-corrected chi connectivity index (χ4v) is 2.72. The first-order valence-electron chi connectivity index (χ1n) is 7.92. The summed E-state index contributed by atoms with van der Waals surface area (Å²) in [5, 5.41) is 4.05. The minimum absolute atomic E-state index is 0.0320. The molecule has 23 heavy (non-hydrogen) atoms. The van der Waals surface area contributed by atoms with Gasteiger partial charge in [0.25, 0.3) is 0 Å². The lowest BCUT2D eigenvalue weighted by Gasteiger charge is -2.05. The number of nitrogens with one attached hydrogen (secondary N) is 1. The van der Waals surface area contributed by atoms with Crippen molar-refractivity contribution >= 4 is 16.9 Å². The molecular formula is C19H21N3O. The molecule has 118 valence electrons. The fourth-order valence-electron chi connectivity index (χ4n) is 2.72. The third-order valence-electron chi connectivity index (χ3n) is 4.02. The molecule has 0 fully saturated rings. The van der Waals surface area contributed by atoms with Crippen LogP contribution >= 0.6 is 0 Å². The summed E-state index contributed by atoms with van der Waals surface area (Å²) in [6.07, 6.45) is 4.19. The Balaban J connectivity index is 1.69. The average Bonchev–Trinajstić information content (AvgIpc) is 2.92. The Kier molecular flexibility index (Phi) is 4.42. The van der Waals surface area contributed by atoms with Gasteiger partial charge in [-0.2, -0.15) is 0 Å². The number of fused-ring (bicyclic) bond motifs is 1. The van der Waals surface area contributed by atoms with Crippen LogP contribution in [0.1, 0.15) is 23.6 Å². The van der Waals surface area contributed by atoms with Gasteiger partial charge in [0.2, 0.25) is 5.91 Å². The second kappa shape index (κ2) is 6.65. The second-order valence-electron chi connectivity index (χ2n) is 5.75. The van der Waals surface area contributed by atoms with Gasteiger partial charge in [0, 0.05) is 30.9 Å². The zero-order chi connectivity index (χ0) is 16.2. The van der Waals surface area contributed by atoms with Gasteiger partial charge in [0.15, 0.2) is 0 Å². The Morgan fingerprint density at radius 2 is 2.00 bits per heavy atom. The number of hydrogen-bond acceptors (Lipinski definition) is 2. The third kappa shape index (κ3) is 3.42. The van der Waals surface area contributed by atoms with Crippen LogP contribution in [0.15, 0.2) is 48.8 Å². The molecule has 4 heteroatoms. The molecule has 3 rings (SSSR count). The van der Waals surface area contributed by atoms with Crippen LogP contribution in [-0.4, -0.2) is 15.5 Å². The maximum Gasteiger partial charge on any atom is 0.224 e. The lowest BCUT2D eigenvalue weighted by atomic mass is 10.1. The van der Waals surface area contributed by atoms with Crippen molar-refractivity contribution in [1.82, 2.24) is 14.9 Å². The van der Waals surface area contributed by atoms with Crippen molar-refractivity contribution in [3.8, 4) is 0 Å². The van der Waals surface area contributed by atoms with Crippen molar-refractivity contribution in [1.29, 1.82) is 0 Å². The van der Waals surface area contributed by atoms with Gasteiger partial charge < -0.3 is 9.88 Å². The summed E-state index contributed by atoms with van der Waals surface area (Å²) in [6.45, 7) is 5.54. The number of benzene rings is 1. The zero-order valence-electron chi connectivity index (χ0n) is 13.5. The van der Waals surface area contributed by atoms with E-state index in [0.29, 0.717) is 13.0 Å². The summed E-state index contributed by atoms with van der Waals surface area (Å²) in [5.41, 5.74) is 4.30. The van der Waals surface area contributed by atoms with Crippen LogP contribution in [0.5, 0.6) is 0 Å². The first kappa shape index (κ1) is 15.3. The number of carbonyl (C=O) groups is 1. The molecule has 1 N–H and O–H groups in total. The Morgan fingerprint density at radius 1 is 1.22 bits per heavy atom. The number of nitrogens with zero attached hydrogens (tertiary/aromatic N) is 2. The largest absolute Gasteiger partial charge is 0.352 e. The van der Waals surface area contributed by atoms with Gasteiger partial charge in [-0.15, -0.1) is 0 Å². The van der Waals surface area contributed by atoms with Crippen molar-refractivity contribution in [2.24, 2.45) is 0 Å². The molecule has 0 aliphatic carbocycles. The van der Waals surface area contributed by atoms with E-state index in [1.54, 1.807) is 6.20 Å². The first-order chi connectivity index (χ1) is 11.2. The van der Waals surface area contributed by atoms with Gasteiger partial charge in [0.1, 0.15) is 5.65 Å².